The Balaban J connectivity index is 0.000000249. The second-order valence-corrected chi connectivity index (χ2v) is 31.6. The van der Waals surface area contributed by atoms with Gasteiger partial charge in [0.05, 0.1) is 110 Å². The quantitative estimate of drug-likeness (QED) is 0.0292. The minimum Gasteiger partial charge on any atom is -0.497 e. The fourth-order valence-electron chi connectivity index (χ4n) is 12.1. The summed E-state index contributed by atoms with van der Waals surface area (Å²) < 4.78 is 202. The number of aryl methyl sites for hydroxylation is 1. The van der Waals surface area contributed by atoms with Crippen LogP contribution in [0.15, 0.2) is 221 Å². The summed E-state index contributed by atoms with van der Waals surface area (Å²) in [5.41, 5.74) is 0.384. The summed E-state index contributed by atoms with van der Waals surface area (Å²) in [6.45, 7) is 13.6. The number of hydrogen-bond acceptors (Lipinski definition) is 18. The molecule has 702 valence electrons. The molecule has 21 nitrogen and oxygen atoms in total. The molecule has 134 heavy (non-hydrogen) atoms. The molecule has 0 saturated carbocycles. The van der Waals surface area contributed by atoms with Gasteiger partial charge in [-0.05, 0) is 143 Å². The molecule has 3 aromatic heterocycles. The Kier molecular flexibility index (Phi) is 39.3. The third kappa shape index (κ3) is 29.1. The number of methoxy groups -OCH3 is 4. The van der Waals surface area contributed by atoms with E-state index < -0.39 is 138 Å². The second-order valence-electron chi connectivity index (χ2n) is 30.0. The van der Waals surface area contributed by atoms with E-state index in [9.17, 15) is 86.2 Å². The lowest BCUT2D eigenvalue weighted by Gasteiger charge is -2.32. The van der Waals surface area contributed by atoms with Crippen LogP contribution in [0, 0.1) is 88.0 Å². The van der Waals surface area contributed by atoms with Crippen LogP contribution in [-0.2, 0) is 28.7 Å². The van der Waals surface area contributed by atoms with Gasteiger partial charge in [-0.2, -0.15) is 19.2 Å². The van der Waals surface area contributed by atoms with Crippen LogP contribution in [0.5, 0.6) is 23.0 Å². The molecule has 1 atom stereocenters. The summed E-state index contributed by atoms with van der Waals surface area (Å²) in [4.78, 5) is 117. The first-order chi connectivity index (χ1) is 62.9. The third-order valence-corrected chi connectivity index (χ3v) is 19.5. The van der Waals surface area contributed by atoms with Crippen LogP contribution in [0.2, 0.25) is 20.1 Å². The zero-order valence-electron chi connectivity index (χ0n) is 73.0. The highest BCUT2D eigenvalue weighted by molar-refractivity contribution is 6.34. The number of aromatic nitrogens is 3. The van der Waals surface area contributed by atoms with E-state index in [4.69, 9.17) is 89.3 Å². The van der Waals surface area contributed by atoms with Crippen molar-refractivity contribution in [3.8, 4) is 40.1 Å². The Hall–Kier alpha value is -14.4. The second kappa shape index (κ2) is 48.7. The molecule has 38 heteroatoms. The van der Waals surface area contributed by atoms with Crippen molar-refractivity contribution >= 4 is 120 Å². The number of nitrogens with one attached hydrogen (secondary N) is 1. The molecule has 10 aromatic carbocycles. The largest absolute Gasteiger partial charge is 0.497 e. The first-order valence-electron chi connectivity index (χ1n) is 38.5. The molecular formula is C96H78Cl4F13N5O16. The van der Waals surface area contributed by atoms with Gasteiger partial charge in [0.25, 0.3) is 0 Å². The van der Waals surface area contributed by atoms with Crippen LogP contribution in [0.1, 0.15) is 96.6 Å². The van der Waals surface area contributed by atoms with Crippen molar-refractivity contribution in [3.63, 3.8) is 0 Å². The number of carbonyl (C=O) groups excluding carboxylic acids is 8. The first-order valence-corrected chi connectivity index (χ1v) is 40.0. The van der Waals surface area contributed by atoms with Crippen LogP contribution in [0.3, 0.4) is 0 Å². The first kappa shape index (κ1) is 108. The van der Waals surface area contributed by atoms with Gasteiger partial charge in [-0.1, -0.05) is 67.2 Å². The van der Waals surface area contributed by atoms with Crippen LogP contribution in [0.25, 0.3) is 49.8 Å². The van der Waals surface area contributed by atoms with Gasteiger partial charge in [-0.15, -0.1) is 0 Å². The predicted molar refractivity (Wildman–Crippen MR) is 477 cm³/mol. The van der Waals surface area contributed by atoms with Crippen LogP contribution in [0.4, 0.5) is 62.8 Å². The standard InChI is InChI=1S/C26H29ClFNO4.C17H13ClFNO2.C16H11ClF3NO2.C16H10ClF2NO2.C11H10F3NO.C8H5F3O.2CO2/c1-25(2,3)23(24(31)33-26(4,5)6)16-14-21-17(13-19(16)28)22(30)10-11-29(21)20-9-8-15(32-7)12-18(20)27;1-10-7-16-12(9-14(10)19)17(21)5-6-20(16)15-4-3-11(22-2)8-13(15)18;1-23-9-2-3-15(11(17)6-9)21-5-4-16(22)10-7-13(19)14(20)8-12(10)18;1-22-9-2-3-14(11(17)6-9)20-5-4-16(21)10-7-12(18)13(19)8-15(10)20;1-15(2)4-3-11(16)7-5-9(13)10(14)6-8(7)12;1-4(12)5-2-7(10)8(11)3-6(5)9;2*2-1-3/h8-14,23H,1-7H3;3-9H,1-2H3;2-8,21H,1H3;2-8H,1H3;3-6H,1-2H3;2-3H,1H3;;/b;;5-4+;;4-3+;;;. The number of fused-ring (bicyclic) bond motifs is 3. The number of pyridine rings is 3. The Bertz CT molecular complexity index is 6740. The number of benzene rings is 10. The maximum Gasteiger partial charge on any atom is 0.373 e. The number of rotatable bonds is 17. The van der Waals surface area contributed by atoms with E-state index in [0.717, 1.165) is 31.2 Å². The summed E-state index contributed by atoms with van der Waals surface area (Å²) in [5.74, 6) is -15.4. The molecule has 1 N–H and O–H groups in total. The average Bonchev–Trinajstić information content (AvgIpc) is 0.733. The Morgan fingerprint density at radius 3 is 1.08 bits per heavy atom. The number of esters is 1. The summed E-state index contributed by atoms with van der Waals surface area (Å²) in [7, 11) is 9.45. The number of halogens is 17. The van der Waals surface area contributed by atoms with E-state index in [1.165, 1.54) is 67.7 Å². The molecule has 3 heterocycles. The number of carbonyl (C=O) groups is 4. The van der Waals surface area contributed by atoms with Gasteiger partial charge >= 0.3 is 18.3 Å². The van der Waals surface area contributed by atoms with Crippen molar-refractivity contribution in [1.29, 1.82) is 0 Å². The van der Waals surface area contributed by atoms with Crippen LogP contribution < -0.4 is 40.6 Å². The van der Waals surface area contributed by atoms with Crippen molar-refractivity contribution in [2.45, 2.75) is 66.9 Å². The molecule has 0 aliphatic carbocycles. The lowest BCUT2D eigenvalue weighted by Crippen LogP contribution is -2.34. The molecule has 1 unspecified atom stereocenters. The topological polar surface area (TPSA) is 264 Å². The fraction of sp³-hybridized carbons (Fsp3) is 0.177. The Morgan fingerprint density at radius 2 is 0.724 bits per heavy atom. The molecular weight excluding hydrogens is 1870 g/mol. The molecule has 0 spiro atoms. The Morgan fingerprint density at radius 1 is 0.403 bits per heavy atom. The zero-order valence-corrected chi connectivity index (χ0v) is 76.0. The number of allylic oxidation sites excluding steroid dienone is 2. The van der Waals surface area contributed by atoms with Gasteiger partial charge in [-0.25, -0.2) is 57.1 Å². The number of anilines is 1. The number of ketones is 3. The van der Waals surface area contributed by atoms with Gasteiger partial charge in [0.1, 0.15) is 57.7 Å². The third-order valence-electron chi connectivity index (χ3n) is 18.3. The van der Waals surface area contributed by atoms with Crippen molar-refractivity contribution in [2.24, 2.45) is 5.41 Å². The SMILES string of the molecule is CC(=O)c1cc(F)c(F)cc1F.CN(C)/C=C/C(=O)c1cc(F)c(F)cc1F.COc1ccc(-n2ccc(=O)c3cc(F)c(C(C(=O)OC(C)(C)C)C(C)(C)C)cc32)c(Cl)c1.COc1ccc(-n2ccc(=O)c3cc(F)c(C)cc32)c(Cl)c1.COc1ccc(-n2ccc(=O)c3cc(F)c(F)cc32)c(Cl)c1.COc1ccc(N/C=C/C(=O)c2cc(F)c(F)cc2F)c(Cl)c1.O=C=O.O=C=O. The molecule has 13 aromatic rings. The summed E-state index contributed by atoms with van der Waals surface area (Å²) in [5, 5.41) is 4.88. The predicted octanol–water partition coefficient (Wildman–Crippen LogP) is 22.4. The fourth-order valence-corrected chi connectivity index (χ4v) is 13.1. The Labute approximate surface area is 775 Å². The van der Waals surface area contributed by atoms with Crippen molar-refractivity contribution < 1.29 is 119 Å². The zero-order chi connectivity index (χ0) is 100. The maximum absolute atomic E-state index is 15.4. The van der Waals surface area contributed by atoms with Crippen LogP contribution >= 0.6 is 46.4 Å². The maximum atomic E-state index is 15.4. The monoisotopic (exact) mass is 1940 g/mol. The molecule has 0 amide bonds. The van der Waals surface area contributed by atoms with E-state index in [2.05, 4.69) is 5.32 Å². The minimum absolute atomic E-state index is 0.0771. The highest BCUT2D eigenvalue weighted by Gasteiger charge is 2.39. The van der Waals surface area contributed by atoms with Crippen LogP contribution in [-0.4, -0.2) is 102 Å². The number of nitrogens with zero attached hydrogens (tertiary/aromatic N) is 4. The minimum atomic E-state index is -1.36. The molecule has 13 rings (SSSR count). The lowest BCUT2D eigenvalue weighted by atomic mass is 9.76. The molecule has 0 aliphatic heterocycles. The van der Waals surface area contributed by atoms with Crippen molar-refractivity contribution in [2.75, 3.05) is 47.9 Å². The average molecular weight is 1950 g/mol. The van der Waals surface area contributed by atoms with Gasteiger partial charge in [0, 0.05) is 146 Å². The number of Topliss-reactive ketones (excluding diaryl/α,β-unsaturated/α-hetero) is 1. The van der Waals surface area contributed by atoms with Gasteiger partial charge in [0.15, 0.2) is 80.2 Å². The van der Waals surface area contributed by atoms with Gasteiger partial charge < -0.3 is 47.6 Å². The highest BCUT2D eigenvalue weighted by atomic mass is 35.5. The van der Waals surface area contributed by atoms with Crippen molar-refractivity contribution in [1.82, 2.24) is 18.6 Å². The normalized spacial score (nSPS) is 11.0. The summed E-state index contributed by atoms with van der Waals surface area (Å²) in [6.07, 6.45) is 9.86. The van der Waals surface area contributed by atoms with Gasteiger partial charge in [0.2, 0.25) is 0 Å². The molecule has 0 fully saturated rings. The number of ether oxygens (including phenoxy) is 5. The molecule has 0 saturated heterocycles. The summed E-state index contributed by atoms with van der Waals surface area (Å²) in [6, 6.07) is 34.4. The van der Waals surface area contributed by atoms with E-state index in [-0.39, 0.29) is 45.0 Å². The smallest absolute Gasteiger partial charge is 0.373 e. The van der Waals surface area contributed by atoms with E-state index in [1.807, 2.05) is 20.8 Å². The van der Waals surface area contributed by atoms with E-state index >= 15 is 4.39 Å². The van der Waals surface area contributed by atoms with E-state index in [0.29, 0.717) is 124 Å². The summed E-state index contributed by atoms with van der Waals surface area (Å²) >= 11 is 25.0. The van der Waals surface area contributed by atoms with Crippen molar-refractivity contribution in [3.05, 3.63) is 361 Å². The lowest BCUT2D eigenvalue weighted by molar-refractivity contribution is -0.193. The van der Waals surface area contributed by atoms with Gasteiger partial charge in [-0.3, -0.25) is 33.6 Å². The van der Waals surface area contributed by atoms with E-state index in [1.54, 1.807) is 167 Å². The highest BCUT2D eigenvalue weighted by Crippen LogP contribution is 2.41. The molecule has 0 aliphatic rings. The number of hydrogen-bond donors (Lipinski definition) is 1. The molecule has 0 radical (unpaired) electrons. The molecule has 0 bridgehead atoms.